The SMILES string of the molecule is CCOC(=O)c1ccc(OCC)o1. The van der Waals surface area contributed by atoms with Crippen molar-refractivity contribution in [1.29, 1.82) is 0 Å². The summed E-state index contributed by atoms with van der Waals surface area (Å²) in [6.45, 7) is 4.43. The molecule has 0 radical (unpaired) electrons. The average Bonchev–Trinajstić information content (AvgIpc) is 2.54. The summed E-state index contributed by atoms with van der Waals surface area (Å²) in [7, 11) is 0. The molecule has 0 aliphatic rings. The van der Waals surface area contributed by atoms with Gasteiger partial charge < -0.3 is 13.9 Å². The van der Waals surface area contributed by atoms with Crippen molar-refractivity contribution in [2.24, 2.45) is 0 Å². The third-order valence-corrected chi connectivity index (χ3v) is 1.34. The first kappa shape index (κ1) is 9.64. The lowest BCUT2D eigenvalue weighted by atomic mass is 10.4. The highest BCUT2D eigenvalue weighted by Crippen LogP contribution is 2.16. The molecule has 72 valence electrons. The molecule has 1 heterocycles. The molecule has 4 heteroatoms. The minimum atomic E-state index is -0.464. The van der Waals surface area contributed by atoms with E-state index in [1.807, 2.05) is 6.92 Å². The first-order valence-corrected chi connectivity index (χ1v) is 4.17. The third-order valence-electron chi connectivity index (χ3n) is 1.34. The lowest BCUT2D eigenvalue weighted by molar-refractivity contribution is 0.0482. The van der Waals surface area contributed by atoms with Crippen LogP contribution >= 0.6 is 0 Å². The lowest BCUT2D eigenvalue weighted by Gasteiger charge is -1.97. The molecule has 4 nitrogen and oxygen atoms in total. The molecular formula is C9H12O4. The van der Waals surface area contributed by atoms with Crippen molar-refractivity contribution in [2.75, 3.05) is 13.2 Å². The van der Waals surface area contributed by atoms with Crippen LogP contribution in [0.2, 0.25) is 0 Å². The average molecular weight is 184 g/mol. The van der Waals surface area contributed by atoms with Gasteiger partial charge in [0.25, 0.3) is 5.95 Å². The van der Waals surface area contributed by atoms with E-state index in [0.29, 0.717) is 19.2 Å². The smallest absolute Gasteiger partial charge is 0.374 e. The molecule has 13 heavy (non-hydrogen) atoms. The van der Waals surface area contributed by atoms with Crippen molar-refractivity contribution in [3.05, 3.63) is 17.9 Å². The first-order chi connectivity index (χ1) is 6.27. The molecule has 0 aliphatic carbocycles. The second-order valence-corrected chi connectivity index (χ2v) is 2.27. The Morgan fingerprint density at radius 2 is 2.15 bits per heavy atom. The Morgan fingerprint density at radius 3 is 2.77 bits per heavy atom. The van der Waals surface area contributed by atoms with Gasteiger partial charge in [0, 0.05) is 6.07 Å². The molecule has 0 N–H and O–H groups in total. The maximum Gasteiger partial charge on any atom is 0.374 e. The quantitative estimate of drug-likeness (QED) is 0.670. The molecule has 0 saturated heterocycles. The fourth-order valence-electron chi connectivity index (χ4n) is 0.852. The zero-order chi connectivity index (χ0) is 9.68. The number of hydrogen-bond donors (Lipinski definition) is 0. The van der Waals surface area contributed by atoms with E-state index in [9.17, 15) is 4.79 Å². The zero-order valence-corrected chi connectivity index (χ0v) is 7.70. The van der Waals surface area contributed by atoms with Gasteiger partial charge in [0.05, 0.1) is 13.2 Å². The van der Waals surface area contributed by atoms with E-state index in [2.05, 4.69) is 0 Å². The van der Waals surface area contributed by atoms with Crippen molar-refractivity contribution in [3.8, 4) is 5.95 Å². The Balaban J connectivity index is 2.62. The second kappa shape index (κ2) is 4.54. The second-order valence-electron chi connectivity index (χ2n) is 2.27. The molecule has 0 fully saturated rings. The minimum absolute atomic E-state index is 0.172. The van der Waals surface area contributed by atoms with Gasteiger partial charge in [-0.3, -0.25) is 0 Å². The minimum Gasteiger partial charge on any atom is -0.465 e. The maximum absolute atomic E-state index is 11.1. The molecule has 0 atom stereocenters. The summed E-state index contributed by atoms with van der Waals surface area (Å²) < 4.78 is 14.8. The van der Waals surface area contributed by atoms with Crippen LogP contribution in [-0.2, 0) is 4.74 Å². The van der Waals surface area contributed by atoms with Gasteiger partial charge in [0.1, 0.15) is 0 Å². The highest BCUT2D eigenvalue weighted by atomic mass is 16.6. The Bertz CT molecular complexity index is 277. The monoisotopic (exact) mass is 184 g/mol. The Labute approximate surface area is 76.4 Å². The molecular weight excluding hydrogens is 172 g/mol. The number of carbonyl (C=O) groups excluding carboxylic acids is 1. The van der Waals surface area contributed by atoms with Crippen LogP contribution in [0, 0.1) is 0 Å². The predicted octanol–water partition coefficient (Wildman–Crippen LogP) is 1.85. The van der Waals surface area contributed by atoms with Crippen molar-refractivity contribution in [3.63, 3.8) is 0 Å². The van der Waals surface area contributed by atoms with Crippen molar-refractivity contribution in [1.82, 2.24) is 0 Å². The Hall–Kier alpha value is -1.45. The topological polar surface area (TPSA) is 48.7 Å². The van der Waals surface area contributed by atoms with Crippen LogP contribution < -0.4 is 4.74 Å². The number of esters is 1. The number of ether oxygens (including phenoxy) is 2. The predicted molar refractivity (Wildman–Crippen MR) is 45.8 cm³/mol. The van der Waals surface area contributed by atoms with Crippen LogP contribution in [0.4, 0.5) is 0 Å². The van der Waals surface area contributed by atoms with E-state index in [-0.39, 0.29) is 5.76 Å². The fourth-order valence-corrected chi connectivity index (χ4v) is 0.852. The number of rotatable bonds is 4. The van der Waals surface area contributed by atoms with Gasteiger partial charge in [0.2, 0.25) is 5.76 Å². The molecule has 0 saturated carbocycles. The van der Waals surface area contributed by atoms with Gasteiger partial charge in [-0.25, -0.2) is 4.79 Å². The molecule has 1 rings (SSSR count). The molecule has 1 aromatic rings. The van der Waals surface area contributed by atoms with Crippen LogP contribution in [0.5, 0.6) is 5.95 Å². The summed E-state index contributed by atoms with van der Waals surface area (Å²) >= 11 is 0. The van der Waals surface area contributed by atoms with Gasteiger partial charge in [0.15, 0.2) is 0 Å². The molecule has 0 spiro atoms. The normalized spacial score (nSPS) is 9.69. The van der Waals surface area contributed by atoms with Crippen molar-refractivity contribution in [2.45, 2.75) is 13.8 Å². The molecule has 0 aromatic carbocycles. The Morgan fingerprint density at radius 1 is 1.38 bits per heavy atom. The summed E-state index contributed by atoms with van der Waals surface area (Å²) in [4.78, 5) is 11.1. The molecule has 0 unspecified atom stereocenters. The summed E-state index contributed by atoms with van der Waals surface area (Å²) in [6, 6.07) is 3.12. The van der Waals surface area contributed by atoms with Crippen LogP contribution in [-0.4, -0.2) is 19.2 Å². The summed E-state index contributed by atoms with van der Waals surface area (Å²) in [5, 5.41) is 0. The standard InChI is InChI=1S/C9H12O4/c1-3-11-8-6-5-7(13-8)9(10)12-4-2/h5-6H,3-4H2,1-2H3. The third kappa shape index (κ3) is 2.50. The highest BCUT2D eigenvalue weighted by molar-refractivity contribution is 5.86. The highest BCUT2D eigenvalue weighted by Gasteiger charge is 2.11. The lowest BCUT2D eigenvalue weighted by Crippen LogP contribution is -2.02. The summed E-state index contributed by atoms with van der Waals surface area (Å²) in [6.07, 6.45) is 0. The first-order valence-electron chi connectivity index (χ1n) is 4.17. The molecule has 0 amide bonds. The van der Waals surface area contributed by atoms with Gasteiger partial charge in [-0.05, 0) is 19.9 Å². The van der Waals surface area contributed by atoms with Crippen molar-refractivity contribution >= 4 is 5.97 Å². The van der Waals surface area contributed by atoms with Gasteiger partial charge >= 0.3 is 5.97 Å². The van der Waals surface area contributed by atoms with Gasteiger partial charge in [-0.2, -0.15) is 0 Å². The number of furan rings is 1. The van der Waals surface area contributed by atoms with Gasteiger partial charge in [-0.1, -0.05) is 0 Å². The summed E-state index contributed by atoms with van der Waals surface area (Å²) in [5.41, 5.74) is 0. The van der Waals surface area contributed by atoms with E-state index >= 15 is 0 Å². The Kier molecular flexibility index (Phi) is 3.37. The van der Waals surface area contributed by atoms with E-state index in [0.717, 1.165) is 0 Å². The van der Waals surface area contributed by atoms with Crippen LogP contribution in [0.15, 0.2) is 16.5 Å². The van der Waals surface area contributed by atoms with E-state index in [4.69, 9.17) is 13.9 Å². The van der Waals surface area contributed by atoms with Crippen LogP contribution in [0.3, 0.4) is 0 Å². The number of hydrogen-bond acceptors (Lipinski definition) is 4. The largest absolute Gasteiger partial charge is 0.465 e. The maximum atomic E-state index is 11.1. The van der Waals surface area contributed by atoms with Crippen LogP contribution in [0.1, 0.15) is 24.4 Å². The van der Waals surface area contributed by atoms with E-state index in [1.165, 1.54) is 6.07 Å². The zero-order valence-electron chi connectivity index (χ0n) is 7.70. The van der Waals surface area contributed by atoms with E-state index < -0.39 is 5.97 Å². The van der Waals surface area contributed by atoms with Crippen molar-refractivity contribution < 1.29 is 18.7 Å². The van der Waals surface area contributed by atoms with Gasteiger partial charge in [-0.15, -0.1) is 0 Å². The molecule has 0 bridgehead atoms. The number of carbonyl (C=O) groups is 1. The van der Waals surface area contributed by atoms with Crippen LogP contribution in [0.25, 0.3) is 0 Å². The molecule has 0 aliphatic heterocycles. The summed E-state index contributed by atoms with van der Waals surface area (Å²) in [5.74, 6) is 0.0457. The van der Waals surface area contributed by atoms with E-state index in [1.54, 1.807) is 13.0 Å². The fraction of sp³-hybridized carbons (Fsp3) is 0.444. The molecule has 1 aromatic heterocycles.